The van der Waals surface area contributed by atoms with Crippen molar-refractivity contribution in [2.75, 3.05) is 5.32 Å². The number of halogens is 1. The van der Waals surface area contributed by atoms with Crippen molar-refractivity contribution in [1.29, 1.82) is 5.26 Å². The van der Waals surface area contributed by atoms with E-state index in [4.69, 9.17) is 5.26 Å². The Bertz CT molecular complexity index is 409. The van der Waals surface area contributed by atoms with E-state index in [1.54, 1.807) is 0 Å². The molecule has 3 heteroatoms. The quantitative estimate of drug-likeness (QED) is 0.761. The first kappa shape index (κ1) is 15.0. The van der Waals surface area contributed by atoms with Crippen LogP contribution >= 0.6 is 15.9 Å². The molecule has 0 spiro atoms. The number of nitriles is 1. The Morgan fingerprint density at radius 3 is 2.61 bits per heavy atom. The minimum Gasteiger partial charge on any atom is -0.381 e. The molecule has 0 aliphatic carbocycles. The average Bonchev–Trinajstić information content (AvgIpc) is 2.38. The fourth-order valence-corrected chi connectivity index (χ4v) is 2.50. The second-order valence-corrected chi connectivity index (χ2v) is 5.43. The van der Waals surface area contributed by atoms with Crippen LogP contribution in [0.2, 0.25) is 0 Å². The molecule has 0 radical (unpaired) electrons. The highest BCUT2D eigenvalue weighted by Gasteiger charge is 2.09. The second kappa shape index (κ2) is 8.16. The maximum atomic E-state index is 8.84. The summed E-state index contributed by atoms with van der Waals surface area (Å²) in [5, 5.41) is 12.4. The lowest BCUT2D eigenvalue weighted by Gasteiger charge is -2.20. The standard InChI is InChI=1S/C15H21BrN2/c1-3-5-7-13(6-4-2)18-15-9-8-12(11-17)10-14(15)16/h8-10,13,18H,3-7H2,1-2H3. The molecule has 0 fully saturated rings. The average molecular weight is 309 g/mol. The van der Waals surface area contributed by atoms with Gasteiger partial charge >= 0.3 is 0 Å². The van der Waals surface area contributed by atoms with E-state index in [0.717, 1.165) is 10.2 Å². The third kappa shape index (κ3) is 4.70. The van der Waals surface area contributed by atoms with Gasteiger partial charge in [-0.05, 0) is 47.0 Å². The van der Waals surface area contributed by atoms with E-state index in [2.05, 4.69) is 41.2 Å². The second-order valence-electron chi connectivity index (χ2n) is 4.58. The van der Waals surface area contributed by atoms with Crippen LogP contribution in [0.4, 0.5) is 5.69 Å². The van der Waals surface area contributed by atoms with Gasteiger partial charge < -0.3 is 5.32 Å². The van der Waals surface area contributed by atoms with Crippen molar-refractivity contribution in [1.82, 2.24) is 0 Å². The lowest BCUT2D eigenvalue weighted by molar-refractivity contribution is 0.564. The van der Waals surface area contributed by atoms with E-state index in [9.17, 15) is 0 Å². The maximum absolute atomic E-state index is 8.84. The fraction of sp³-hybridized carbons (Fsp3) is 0.533. The van der Waals surface area contributed by atoms with Gasteiger partial charge in [-0.1, -0.05) is 33.1 Å². The maximum Gasteiger partial charge on any atom is 0.0992 e. The Hall–Kier alpha value is -1.01. The van der Waals surface area contributed by atoms with Gasteiger partial charge in [-0.15, -0.1) is 0 Å². The molecule has 0 bridgehead atoms. The molecular formula is C15H21BrN2. The molecule has 0 heterocycles. The minimum absolute atomic E-state index is 0.527. The van der Waals surface area contributed by atoms with Gasteiger partial charge in [0.05, 0.1) is 11.6 Å². The van der Waals surface area contributed by atoms with Crippen LogP contribution in [0.15, 0.2) is 22.7 Å². The van der Waals surface area contributed by atoms with E-state index in [1.165, 1.54) is 32.1 Å². The zero-order valence-electron chi connectivity index (χ0n) is 11.2. The highest BCUT2D eigenvalue weighted by molar-refractivity contribution is 9.10. The summed E-state index contributed by atoms with van der Waals surface area (Å²) in [7, 11) is 0. The monoisotopic (exact) mass is 308 g/mol. The SMILES string of the molecule is CCCCC(CCC)Nc1ccc(C#N)cc1Br. The Balaban J connectivity index is 2.71. The van der Waals surface area contributed by atoms with Gasteiger partial charge in [-0.2, -0.15) is 5.26 Å². The Morgan fingerprint density at radius 1 is 1.28 bits per heavy atom. The summed E-state index contributed by atoms with van der Waals surface area (Å²) in [6.45, 7) is 4.44. The third-order valence-electron chi connectivity index (χ3n) is 3.00. The fourth-order valence-electron chi connectivity index (χ4n) is 2.01. The predicted molar refractivity (Wildman–Crippen MR) is 80.7 cm³/mol. The number of unbranched alkanes of at least 4 members (excludes halogenated alkanes) is 1. The van der Waals surface area contributed by atoms with Crippen LogP contribution in [0, 0.1) is 11.3 Å². The van der Waals surface area contributed by atoms with Crippen molar-refractivity contribution < 1.29 is 0 Å². The Kier molecular flexibility index (Phi) is 6.82. The molecule has 2 nitrogen and oxygen atoms in total. The molecule has 1 aromatic carbocycles. The van der Waals surface area contributed by atoms with Crippen molar-refractivity contribution in [2.24, 2.45) is 0 Å². The van der Waals surface area contributed by atoms with Crippen LogP contribution in [0.5, 0.6) is 0 Å². The van der Waals surface area contributed by atoms with Crippen LogP contribution < -0.4 is 5.32 Å². The first-order valence-corrected chi connectivity index (χ1v) is 7.46. The first-order chi connectivity index (χ1) is 8.71. The first-order valence-electron chi connectivity index (χ1n) is 6.67. The number of nitrogens with one attached hydrogen (secondary N) is 1. The summed E-state index contributed by atoms with van der Waals surface area (Å²) < 4.78 is 0.971. The largest absolute Gasteiger partial charge is 0.381 e. The smallest absolute Gasteiger partial charge is 0.0992 e. The molecule has 0 saturated carbocycles. The highest BCUT2D eigenvalue weighted by Crippen LogP contribution is 2.25. The van der Waals surface area contributed by atoms with E-state index >= 15 is 0 Å². The molecule has 0 aliphatic heterocycles. The topological polar surface area (TPSA) is 35.8 Å². The molecule has 1 N–H and O–H groups in total. The molecule has 0 saturated heterocycles. The summed E-state index contributed by atoms with van der Waals surface area (Å²) in [4.78, 5) is 0. The number of benzene rings is 1. The van der Waals surface area contributed by atoms with Crippen LogP contribution in [0.3, 0.4) is 0 Å². The lowest BCUT2D eigenvalue weighted by Crippen LogP contribution is -2.19. The van der Waals surface area contributed by atoms with Gasteiger partial charge in [0.1, 0.15) is 0 Å². The molecule has 1 unspecified atom stereocenters. The minimum atomic E-state index is 0.527. The lowest BCUT2D eigenvalue weighted by atomic mass is 10.0. The number of anilines is 1. The van der Waals surface area contributed by atoms with Crippen molar-refractivity contribution in [3.05, 3.63) is 28.2 Å². The summed E-state index contributed by atoms with van der Waals surface area (Å²) in [5.74, 6) is 0. The predicted octanol–water partition coefficient (Wildman–Crippen LogP) is 5.09. The van der Waals surface area contributed by atoms with Gasteiger partial charge in [-0.25, -0.2) is 0 Å². The van der Waals surface area contributed by atoms with Crippen LogP contribution in [-0.4, -0.2) is 6.04 Å². The summed E-state index contributed by atoms with van der Waals surface area (Å²) in [6, 6.07) is 8.38. The highest BCUT2D eigenvalue weighted by atomic mass is 79.9. The molecule has 0 aliphatic rings. The van der Waals surface area contributed by atoms with Gasteiger partial charge in [0, 0.05) is 16.2 Å². The van der Waals surface area contributed by atoms with Crippen molar-refractivity contribution in [2.45, 2.75) is 52.0 Å². The third-order valence-corrected chi connectivity index (χ3v) is 3.66. The molecule has 98 valence electrons. The van der Waals surface area contributed by atoms with Gasteiger partial charge in [0.2, 0.25) is 0 Å². The van der Waals surface area contributed by atoms with Gasteiger partial charge in [0.25, 0.3) is 0 Å². The Labute approximate surface area is 119 Å². The zero-order valence-corrected chi connectivity index (χ0v) is 12.8. The summed E-state index contributed by atoms with van der Waals surface area (Å²) >= 11 is 3.52. The zero-order chi connectivity index (χ0) is 13.4. The summed E-state index contributed by atoms with van der Waals surface area (Å²) in [6.07, 6.45) is 6.07. The normalized spacial score (nSPS) is 11.9. The number of nitrogens with zero attached hydrogens (tertiary/aromatic N) is 1. The van der Waals surface area contributed by atoms with E-state index in [1.807, 2.05) is 18.2 Å². The van der Waals surface area contributed by atoms with Crippen LogP contribution in [-0.2, 0) is 0 Å². The van der Waals surface area contributed by atoms with E-state index in [-0.39, 0.29) is 0 Å². The molecular weight excluding hydrogens is 288 g/mol. The number of rotatable bonds is 7. The van der Waals surface area contributed by atoms with Gasteiger partial charge in [-0.3, -0.25) is 0 Å². The van der Waals surface area contributed by atoms with Crippen LogP contribution in [0.25, 0.3) is 0 Å². The molecule has 1 aromatic rings. The molecule has 0 amide bonds. The number of hydrogen-bond acceptors (Lipinski definition) is 2. The molecule has 0 aromatic heterocycles. The molecule has 1 rings (SSSR count). The van der Waals surface area contributed by atoms with Crippen molar-refractivity contribution in [3.8, 4) is 6.07 Å². The Morgan fingerprint density at radius 2 is 2.06 bits per heavy atom. The molecule has 18 heavy (non-hydrogen) atoms. The number of hydrogen-bond donors (Lipinski definition) is 1. The van der Waals surface area contributed by atoms with Crippen molar-refractivity contribution in [3.63, 3.8) is 0 Å². The van der Waals surface area contributed by atoms with E-state index in [0.29, 0.717) is 11.6 Å². The van der Waals surface area contributed by atoms with Gasteiger partial charge in [0.15, 0.2) is 0 Å². The van der Waals surface area contributed by atoms with E-state index < -0.39 is 0 Å². The van der Waals surface area contributed by atoms with Crippen LogP contribution in [0.1, 0.15) is 51.5 Å². The molecule has 1 atom stereocenters. The van der Waals surface area contributed by atoms with Crippen molar-refractivity contribution >= 4 is 21.6 Å². The summed E-state index contributed by atoms with van der Waals surface area (Å²) in [5.41, 5.74) is 1.77.